The number of benzene rings is 1. The zero-order valence-electron chi connectivity index (χ0n) is 9.66. The van der Waals surface area contributed by atoms with Crippen LogP contribution in [-0.4, -0.2) is 32.0 Å². The van der Waals surface area contributed by atoms with Gasteiger partial charge in [0.05, 0.1) is 10.6 Å². The predicted molar refractivity (Wildman–Crippen MR) is 75.6 cm³/mol. The van der Waals surface area contributed by atoms with Crippen LogP contribution in [0.4, 0.5) is 0 Å². The molecule has 1 aromatic carbocycles. The molecule has 2 heterocycles. The van der Waals surface area contributed by atoms with Crippen LogP contribution in [0.15, 0.2) is 35.5 Å². The van der Waals surface area contributed by atoms with Gasteiger partial charge in [0.2, 0.25) is 5.16 Å². The summed E-state index contributed by atoms with van der Waals surface area (Å²) in [6.45, 7) is 0. The monoisotopic (exact) mass is 291 g/mol. The fourth-order valence-corrected chi connectivity index (χ4v) is 3.17. The molecule has 0 fully saturated rings. The van der Waals surface area contributed by atoms with Gasteiger partial charge in [-0.3, -0.25) is 9.89 Å². The molecule has 3 aromatic rings. The molecular formula is C12H9N3O2S2. The Balaban J connectivity index is 1.87. The first-order chi connectivity index (χ1) is 9.22. The van der Waals surface area contributed by atoms with Crippen LogP contribution in [-0.2, 0) is 4.79 Å². The topological polar surface area (TPSA) is 78.9 Å². The molecule has 2 N–H and O–H groups in total. The van der Waals surface area contributed by atoms with Crippen molar-refractivity contribution >= 4 is 39.2 Å². The van der Waals surface area contributed by atoms with Crippen molar-refractivity contribution < 1.29 is 9.90 Å². The van der Waals surface area contributed by atoms with E-state index in [0.29, 0.717) is 11.0 Å². The second-order valence-corrected chi connectivity index (χ2v) is 5.82. The van der Waals surface area contributed by atoms with Gasteiger partial charge < -0.3 is 5.11 Å². The molecule has 0 aliphatic carbocycles. The van der Waals surface area contributed by atoms with E-state index in [0.717, 1.165) is 16.6 Å². The first-order valence-electron chi connectivity index (χ1n) is 5.48. The van der Waals surface area contributed by atoms with Crippen LogP contribution >= 0.6 is 23.1 Å². The molecule has 0 saturated heterocycles. The van der Waals surface area contributed by atoms with E-state index in [4.69, 9.17) is 5.11 Å². The van der Waals surface area contributed by atoms with E-state index in [1.165, 1.54) is 10.1 Å². The van der Waals surface area contributed by atoms with Crippen molar-refractivity contribution in [1.29, 1.82) is 0 Å². The van der Waals surface area contributed by atoms with Gasteiger partial charge in [0.25, 0.3) is 0 Å². The third kappa shape index (κ3) is 2.61. The number of fused-ring (bicyclic) bond motifs is 1. The quantitative estimate of drug-likeness (QED) is 0.723. The smallest absolute Gasteiger partial charge is 0.313 e. The third-order valence-electron chi connectivity index (χ3n) is 2.45. The fraction of sp³-hybridized carbons (Fsp3) is 0.0833. The SMILES string of the molecule is O=C(O)CSc1n[nH]c(-c2cc3ccccc3s2)n1. The predicted octanol–water partition coefficient (Wildman–Crippen LogP) is 2.86. The summed E-state index contributed by atoms with van der Waals surface area (Å²) in [4.78, 5) is 15.8. The minimum Gasteiger partial charge on any atom is -0.481 e. The highest BCUT2D eigenvalue weighted by Gasteiger charge is 2.10. The number of H-pyrrole nitrogens is 1. The summed E-state index contributed by atoms with van der Waals surface area (Å²) in [5.74, 6) is -0.240. The highest BCUT2D eigenvalue weighted by molar-refractivity contribution is 7.99. The number of rotatable bonds is 4. The summed E-state index contributed by atoms with van der Waals surface area (Å²) >= 11 is 2.73. The first kappa shape index (κ1) is 12.2. The molecule has 0 atom stereocenters. The maximum absolute atomic E-state index is 10.5. The van der Waals surface area contributed by atoms with Crippen LogP contribution in [0.25, 0.3) is 20.8 Å². The van der Waals surface area contributed by atoms with Crippen molar-refractivity contribution in [2.45, 2.75) is 5.16 Å². The molecule has 5 nitrogen and oxygen atoms in total. The highest BCUT2D eigenvalue weighted by Crippen LogP contribution is 2.31. The average molecular weight is 291 g/mol. The van der Waals surface area contributed by atoms with Crippen LogP contribution in [0.5, 0.6) is 0 Å². The number of carbonyl (C=O) groups is 1. The molecule has 7 heteroatoms. The zero-order valence-corrected chi connectivity index (χ0v) is 11.3. The summed E-state index contributed by atoms with van der Waals surface area (Å²) < 4.78 is 1.19. The number of carboxylic acids is 1. The molecular weight excluding hydrogens is 282 g/mol. The molecule has 0 aliphatic rings. The molecule has 0 amide bonds. The first-order valence-corrected chi connectivity index (χ1v) is 7.28. The van der Waals surface area contributed by atoms with Crippen molar-refractivity contribution in [2.75, 3.05) is 5.75 Å². The Labute approximate surface area is 116 Å². The summed E-state index contributed by atoms with van der Waals surface area (Å²) in [6.07, 6.45) is 0. The van der Waals surface area contributed by atoms with Gasteiger partial charge in [0, 0.05) is 4.70 Å². The highest BCUT2D eigenvalue weighted by atomic mass is 32.2. The Morgan fingerprint density at radius 2 is 2.26 bits per heavy atom. The normalized spacial score (nSPS) is 10.9. The molecule has 0 aliphatic heterocycles. The molecule has 0 saturated carbocycles. The number of thioether (sulfide) groups is 1. The maximum atomic E-state index is 10.5. The molecule has 0 bridgehead atoms. The lowest BCUT2D eigenvalue weighted by atomic mass is 10.2. The molecule has 0 radical (unpaired) electrons. The number of aromatic amines is 1. The summed E-state index contributed by atoms with van der Waals surface area (Å²) in [5, 5.41) is 17.1. The van der Waals surface area contributed by atoms with Crippen molar-refractivity contribution in [3.8, 4) is 10.7 Å². The van der Waals surface area contributed by atoms with Gasteiger partial charge in [-0.05, 0) is 17.5 Å². The van der Waals surface area contributed by atoms with Gasteiger partial charge >= 0.3 is 5.97 Å². The molecule has 0 spiro atoms. The van der Waals surface area contributed by atoms with Crippen LogP contribution in [0.1, 0.15) is 0 Å². The molecule has 3 rings (SSSR count). The van der Waals surface area contributed by atoms with Crippen molar-refractivity contribution in [2.24, 2.45) is 0 Å². The number of aromatic nitrogens is 3. The summed E-state index contributed by atoms with van der Waals surface area (Å²) in [7, 11) is 0. The second-order valence-electron chi connectivity index (χ2n) is 3.80. The standard InChI is InChI=1S/C12H9N3O2S2/c16-10(17)6-18-12-13-11(14-15-12)9-5-7-3-1-2-4-8(7)19-9/h1-5H,6H2,(H,16,17)(H,13,14,15). The van der Waals surface area contributed by atoms with Crippen LogP contribution in [0.3, 0.4) is 0 Å². The van der Waals surface area contributed by atoms with Crippen LogP contribution in [0, 0.1) is 0 Å². The average Bonchev–Trinajstić information content (AvgIpc) is 3.02. The van der Waals surface area contributed by atoms with Crippen molar-refractivity contribution in [1.82, 2.24) is 15.2 Å². The number of thiophene rings is 1. The Hall–Kier alpha value is -1.86. The summed E-state index contributed by atoms with van der Waals surface area (Å²) in [6, 6.07) is 10.1. The van der Waals surface area contributed by atoms with Gasteiger partial charge in [-0.1, -0.05) is 30.0 Å². The molecule has 96 valence electrons. The van der Waals surface area contributed by atoms with Gasteiger partial charge in [0.15, 0.2) is 5.82 Å². The molecule has 2 aromatic heterocycles. The Bertz CT molecular complexity index is 702. The van der Waals surface area contributed by atoms with Gasteiger partial charge in [-0.15, -0.1) is 16.4 Å². The van der Waals surface area contributed by atoms with E-state index in [2.05, 4.69) is 21.2 Å². The number of hydrogen-bond donors (Lipinski definition) is 2. The van der Waals surface area contributed by atoms with Crippen LogP contribution in [0.2, 0.25) is 0 Å². The van der Waals surface area contributed by atoms with Crippen molar-refractivity contribution in [3.63, 3.8) is 0 Å². The number of nitrogens with zero attached hydrogens (tertiary/aromatic N) is 2. The Morgan fingerprint density at radius 1 is 1.42 bits per heavy atom. The fourth-order valence-electron chi connectivity index (χ4n) is 1.65. The number of carboxylic acid groups (broad SMARTS) is 1. The van der Waals surface area contributed by atoms with E-state index in [-0.39, 0.29) is 5.75 Å². The van der Waals surface area contributed by atoms with Crippen LogP contribution < -0.4 is 0 Å². The number of aliphatic carboxylic acids is 1. The van der Waals surface area contributed by atoms with E-state index in [1.807, 2.05) is 24.3 Å². The largest absolute Gasteiger partial charge is 0.481 e. The molecule has 0 unspecified atom stereocenters. The summed E-state index contributed by atoms with van der Waals surface area (Å²) in [5.41, 5.74) is 0. The van der Waals surface area contributed by atoms with E-state index in [9.17, 15) is 4.79 Å². The Kier molecular flexibility index (Phi) is 3.22. The van der Waals surface area contributed by atoms with E-state index in [1.54, 1.807) is 11.3 Å². The number of nitrogens with one attached hydrogen (secondary N) is 1. The van der Waals surface area contributed by atoms with Crippen molar-refractivity contribution in [3.05, 3.63) is 30.3 Å². The maximum Gasteiger partial charge on any atom is 0.313 e. The lowest BCUT2D eigenvalue weighted by Gasteiger charge is -1.88. The second kappa shape index (κ2) is 5.02. The zero-order chi connectivity index (χ0) is 13.2. The van der Waals surface area contributed by atoms with E-state index < -0.39 is 5.97 Å². The van der Waals surface area contributed by atoms with E-state index >= 15 is 0 Å². The molecule has 19 heavy (non-hydrogen) atoms. The minimum atomic E-state index is -0.877. The number of hydrogen-bond acceptors (Lipinski definition) is 5. The Morgan fingerprint density at radius 3 is 3.05 bits per heavy atom. The third-order valence-corrected chi connectivity index (χ3v) is 4.40. The van der Waals surface area contributed by atoms with Gasteiger partial charge in [-0.2, -0.15) is 0 Å². The van der Waals surface area contributed by atoms with Gasteiger partial charge in [-0.25, -0.2) is 4.98 Å². The minimum absolute atomic E-state index is 0.0380. The van der Waals surface area contributed by atoms with Gasteiger partial charge in [0.1, 0.15) is 0 Å². The lowest BCUT2D eigenvalue weighted by Crippen LogP contribution is -1.97. The lowest BCUT2D eigenvalue weighted by molar-refractivity contribution is -0.133.